The maximum absolute atomic E-state index is 13.0. The molecule has 1 amide bonds. The average molecular weight is 303 g/mol. The number of aromatic nitrogens is 2. The predicted molar refractivity (Wildman–Crippen MR) is 78.6 cm³/mol. The van der Waals surface area contributed by atoms with E-state index in [0.29, 0.717) is 19.7 Å². The Labute approximate surface area is 128 Å². The van der Waals surface area contributed by atoms with Gasteiger partial charge in [0.1, 0.15) is 18.0 Å². The first kappa shape index (κ1) is 14.7. The molecule has 3 rings (SSSR count). The molecule has 0 radical (unpaired) electrons. The molecule has 0 unspecified atom stereocenters. The highest BCUT2D eigenvalue weighted by Gasteiger charge is 2.28. The Morgan fingerprint density at radius 2 is 2.18 bits per heavy atom. The third-order valence-electron chi connectivity index (χ3n) is 3.95. The van der Waals surface area contributed by atoms with Gasteiger partial charge in [0.05, 0.1) is 19.5 Å². The minimum Gasteiger partial charge on any atom is -0.370 e. The summed E-state index contributed by atoms with van der Waals surface area (Å²) in [6, 6.07) is 5.93. The number of nitrogens with zero attached hydrogens (tertiary/aromatic N) is 3. The smallest absolute Gasteiger partial charge is 0.245 e. The van der Waals surface area contributed by atoms with E-state index in [4.69, 9.17) is 4.74 Å². The van der Waals surface area contributed by atoms with Crippen LogP contribution in [0.25, 0.3) is 0 Å². The molecule has 1 aliphatic heterocycles. The number of rotatable bonds is 3. The highest BCUT2D eigenvalue weighted by atomic mass is 19.1. The van der Waals surface area contributed by atoms with E-state index in [1.807, 2.05) is 6.92 Å². The zero-order valence-electron chi connectivity index (χ0n) is 12.4. The fraction of sp³-hybridized carbons (Fsp3) is 0.375. The lowest BCUT2D eigenvalue weighted by molar-refractivity contribution is -0.142. The van der Waals surface area contributed by atoms with E-state index in [2.05, 4.69) is 4.98 Å². The van der Waals surface area contributed by atoms with Gasteiger partial charge in [-0.25, -0.2) is 9.37 Å². The van der Waals surface area contributed by atoms with Gasteiger partial charge in [-0.15, -0.1) is 0 Å². The van der Waals surface area contributed by atoms with Gasteiger partial charge in [-0.05, 0) is 24.6 Å². The fourth-order valence-electron chi connectivity index (χ4n) is 2.62. The number of carbonyl (C=O) groups is 1. The van der Waals surface area contributed by atoms with Gasteiger partial charge in [0, 0.05) is 18.9 Å². The van der Waals surface area contributed by atoms with Crippen molar-refractivity contribution in [3.8, 4) is 0 Å². The SMILES string of the molecule is C[C@@H](C(=O)N1CCO[C@H](c2ccc(F)cc2)C1)n1ccnc1. The molecular weight excluding hydrogens is 285 g/mol. The molecule has 1 saturated heterocycles. The zero-order valence-corrected chi connectivity index (χ0v) is 12.4. The van der Waals surface area contributed by atoms with Crippen LogP contribution in [0.2, 0.25) is 0 Å². The Bertz CT molecular complexity index is 627. The third-order valence-corrected chi connectivity index (χ3v) is 3.95. The van der Waals surface area contributed by atoms with Crippen LogP contribution in [0.4, 0.5) is 4.39 Å². The summed E-state index contributed by atoms with van der Waals surface area (Å²) in [6.45, 7) is 3.37. The normalized spacial score (nSPS) is 19.9. The van der Waals surface area contributed by atoms with Gasteiger partial charge in [-0.2, -0.15) is 0 Å². The topological polar surface area (TPSA) is 47.4 Å². The minimum absolute atomic E-state index is 0.0356. The number of hydrogen-bond donors (Lipinski definition) is 0. The molecule has 1 aliphatic rings. The molecule has 0 spiro atoms. The predicted octanol–water partition coefficient (Wildman–Crippen LogP) is 2.18. The molecule has 2 atom stereocenters. The van der Waals surface area contributed by atoms with Crippen LogP contribution in [0.3, 0.4) is 0 Å². The van der Waals surface area contributed by atoms with Crippen LogP contribution >= 0.6 is 0 Å². The number of hydrogen-bond acceptors (Lipinski definition) is 3. The molecule has 1 aromatic carbocycles. The maximum atomic E-state index is 13.0. The maximum Gasteiger partial charge on any atom is 0.245 e. The Balaban J connectivity index is 1.70. The molecule has 0 N–H and O–H groups in total. The number of benzene rings is 1. The second-order valence-corrected chi connectivity index (χ2v) is 5.38. The van der Waals surface area contributed by atoms with E-state index in [0.717, 1.165) is 5.56 Å². The summed E-state index contributed by atoms with van der Waals surface area (Å²) in [6.07, 6.45) is 4.86. The van der Waals surface area contributed by atoms with E-state index in [1.54, 1.807) is 40.3 Å². The van der Waals surface area contributed by atoms with Crippen molar-refractivity contribution in [2.75, 3.05) is 19.7 Å². The number of ether oxygens (including phenoxy) is 1. The largest absolute Gasteiger partial charge is 0.370 e. The molecule has 116 valence electrons. The van der Waals surface area contributed by atoms with Crippen molar-refractivity contribution in [3.63, 3.8) is 0 Å². The van der Waals surface area contributed by atoms with Crippen molar-refractivity contribution >= 4 is 5.91 Å². The van der Waals surface area contributed by atoms with Crippen molar-refractivity contribution in [2.45, 2.75) is 19.1 Å². The summed E-state index contributed by atoms with van der Waals surface area (Å²) in [7, 11) is 0. The number of amides is 1. The molecule has 1 aromatic heterocycles. The van der Waals surface area contributed by atoms with E-state index < -0.39 is 0 Å². The van der Waals surface area contributed by atoms with Gasteiger partial charge in [0.15, 0.2) is 0 Å². The van der Waals surface area contributed by atoms with E-state index in [-0.39, 0.29) is 23.9 Å². The quantitative estimate of drug-likeness (QED) is 0.873. The molecule has 2 aromatic rings. The zero-order chi connectivity index (χ0) is 15.5. The van der Waals surface area contributed by atoms with Crippen LogP contribution < -0.4 is 0 Å². The molecule has 6 heteroatoms. The van der Waals surface area contributed by atoms with Crippen LogP contribution in [0, 0.1) is 5.82 Å². The highest BCUT2D eigenvalue weighted by Crippen LogP contribution is 2.24. The molecule has 22 heavy (non-hydrogen) atoms. The summed E-state index contributed by atoms with van der Waals surface area (Å²) in [4.78, 5) is 18.4. The van der Waals surface area contributed by atoms with Crippen LogP contribution in [0.1, 0.15) is 24.6 Å². The summed E-state index contributed by atoms with van der Waals surface area (Å²) >= 11 is 0. The van der Waals surface area contributed by atoms with Crippen LogP contribution in [0.5, 0.6) is 0 Å². The van der Waals surface area contributed by atoms with Gasteiger partial charge < -0.3 is 14.2 Å². The molecule has 2 heterocycles. The van der Waals surface area contributed by atoms with E-state index in [1.165, 1.54) is 12.1 Å². The Hall–Kier alpha value is -2.21. The number of halogens is 1. The van der Waals surface area contributed by atoms with Crippen molar-refractivity contribution in [1.29, 1.82) is 0 Å². The van der Waals surface area contributed by atoms with Gasteiger partial charge in [0.25, 0.3) is 0 Å². The van der Waals surface area contributed by atoms with Gasteiger partial charge in [-0.1, -0.05) is 12.1 Å². The lowest BCUT2D eigenvalue weighted by atomic mass is 10.1. The van der Waals surface area contributed by atoms with Crippen molar-refractivity contribution < 1.29 is 13.9 Å². The minimum atomic E-state index is -0.297. The Morgan fingerprint density at radius 3 is 2.86 bits per heavy atom. The van der Waals surface area contributed by atoms with Gasteiger partial charge in [-0.3, -0.25) is 4.79 Å². The Morgan fingerprint density at radius 1 is 1.41 bits per heavy atom. The lowest BCUT2D eigenvalue weighted by Crippen LogP contribution is -2.44. The summed E-state index contributed by atoms with van der Waals surface area (Å²) < 4.78 is 20.5. The third kappa shape index (κ3) is 3.01. The summed E-state index contributed by atoms with van der Waals surface area (Å²) in [5.74, 6) is -0.241. The second-order valence-electron chi connectivity index (χ2n) is 5.38. The van der Waals surface area contributed by atoms with Crippen LogP contribution in [0.15, 0.2) is 43.0 Å². The first-order chi connectivity index (χ1) is 10.6. The summed E-state index contributed by atoms with van der Waals surface area (Å²) in [5, 5.41) is 0. The first-order valence-electron chi connectivity index (χ1n) is 7.28. The molecule has 0 saturated carbocycles. The molecule has 5 nitrogen and oxygen atoms in total. The monoisotopic (exact) mass is 303 g/mol. The molecule has 0 bridgehead atoms. The second kappa shape index (κ2) is 6.27. The number of morpholine rings is 1. The average Bonchev–Trinajstić information content (AvgIpc) is 3.09. The number of imidazole rings is 1. The van der Waals surface area contributed by atoms with Crippen molar-refractivity contribution in [2.24, 2.45) is 0 Å². The van der Waals surface area contributed by atoms with Crippen molar-refractivity contribution in [3.05, 3.63) is 54.4 Å². The van der Waals surface area contributed by atoms with Crippen LogP contribution in [-0.4, -0.2) is 40.1 Å². The summed E-state index contributed by atoms with van der Waals surface area (Å²) in [5.41, 5.74) is 0.884. The Kier molecular flexibility index (Phi) is 4.20. The van der Waals surface area contributed by atoms with E-state index >= 15 is 0 Å². The van der Waals surface area contributed by atoms with E-state index in [9.17, 15) is 9.18 Å². The van der Waals surface area contributed by atoms with Crippen molar-refractivity contribution in [1.82, 2.24) is 14.5 Å². The molecule has 0 aliphatic carbocycles. The standard InChI is InChI=1S/C16H18FN3O2/c1-12(20-7-6-18-11-20)16(21)19-8-9-22-15(10-19)13-2-4-14(17)5-3-13/h2-7,11-12,15H,8-10H2,1H3/t12-,15-/m0/s1. The lowest BCUT2D eigenvalue weighted by Gasteiger charge is -2.34. The fourth-order valence-corrected chi connectivity index (χ4v) is 2.62. The van der Waals surface area contributed by atoms with Gasteiger partial charge >= 0.3 is 0 Å². The van der Waals surface area contributed by atoms with Gasteiger partial charge in [0.2, 0.25) is 5.91 Å². The molecular formula is C16H18FN3O2. The molecule has 1 fully saturated rings. The highest BCUT2D eigenvalue weighted by molar-refractivity contribution is 5.80. The number of carbonyl (C=O) groups excluding carboxylic acids is 1. The first-order valence-corrected chi connectivity index (χ1v) is 7.28. The van der Waals surface area contributed by atoms with Crippen LogP contribution in [-0.2, 0) is 9.53 Å².